The zero-order chi connectivity index (χ0) is 42.2. The topological polar surface area (TPSA) is 176 Å². The Morgan fingerprint density at radius 2 is 1.83 bits per heavy atom. The summed E-state index contributed by atoms with van der Waals surface area (Å²) in [5.41, 5.74) is -1.60. The van der Waals surface area contributed by atoms with Gasteiger partial charge in [-0.25, -0.2) is 27.6 Å². The van der Waals surface area contributed by atoms with Crippen LogP contribution in [0.3, 0.4) is 0 Å². The number of amides is 1. The lowest BCUT2D eigenvalue weighted by molar-refractivity contribution is -0.172. The Morgan fingerprint density at radius 1 is 1.05 bits per heavy atom. The zero-order valence-electron chi connectivity index (χ0n) is 32.5. The average molecular weight is 843 g/mol. The second-order valence-electron chi connectivity index (χ2n) is 13.5. The van der Waals surface area contributed by atoms with Gasteiger partial charge in [0.15, 0.2) is 11.9 Å². The van der Waals surface area contributed by atoms with E-state index >= 15 is 4.39 Å². The van der Waals surface area contributed by atoms with Crippen LogP contribution in [-0.4, -0.2) is 113 Å². The summed E-state index contributed by atoms with van der Waals surface area (Å²) in [5.74, 6) is -3.56. The summed E-state index contributed by atoms with van der Waals surface area (Å²) in [6, 6.07) is 8.88. The lowest BCUT2D eigenvalue weighted by atomic mass is 9.89. The molecular formula is C40H45F3N6O9S. The molecular weight excluding hydrogens is 798 g/mol. The van der Waals surface area contributed by atoms with Gasteiger partial charge in [0, 0.05) is 62.0 Å². The largest absolute Gasteiger partial charge is 0.512 e. The van der Waals surface area contributed by atoms with Gasteiger partial charge in [-0.15, -0.1) is 11.8 Å². The molecule has 2 aliphatic heterocycles. The van der Waals surface area contributed by atoms with E-state index in [2.05, 4.69) is 20.3 Å². The van der Waals surface area contributed by atoms with E-state index < -0.39 is 53.0 Å². The summed E-state index contributed by atoms with van der Waals surface area (Å²) in [4.78, 5) is 44.4. The second kappa shape index (κ2) is 22.2. The number of esters is 1. The molecule has 0 bridgehead atoms. The number of aromatic nitrogens is 3. The van der Waals surface area contributed by atoms with Crippen LogP contribution in [0.1, 0.15) is 43.4 Å². The molecule has 1 aromatic heterocycles. The van der Waals surface area contributed by atoms with E-state index in [-0.39, 0.29) is 54.9 Å². The first-order valence-corrected chi connectivity index (χ1v) is 19.8. The van der Waals surface area contributed by atoms with Crippen molar-refractivity contribution in [2.45, 2.75) is 61.9 Å². The number of allylic oxidation sites excluding steroid dienone is 2. The van der Waals surface area contributed by atoms with Gasteiger partial charge in [-0.05, 0) is 37.3 Å². The van der Waals surface area contributed by atoms with E-state index in [1.54, 1.807) is 25.2 Å². The molecule has 1 amide bonds. The molecule has 5 rings (SSSR count). The minimum absolute atomic E-state index is 0.150. The third-order valence-corrected chi connectivity index (χ3v) is 10.7. The van der Waals surface area contributed by atoms with Crippen LogP contribution in [-0.2, 0) is 50.2 Å². The number of hydrogen-bond donors (Lipinski definition) is 1. The third kappa shape index (κ3) is 13.6. The molecule has 2 saturated heterocycles. The highest BCUT2D eigenvalue weighted by Gasteiger charge is 2.47. The average Bonchev–Trinajstić information content (AvgIpc) is 3.72. The highest BCUT2D eigenvalue weighted by Crippen LogP contribution is 2.42. The van der Waals surface area contributed by atoms with E-state index in [0.717, 1.165) is 31.3 Å². The number of morpholine rings is 1. The first-order valence-electron chi connectivity index (χ1n) is 18.8. The van der Waals surface area contributed by atoms with E-state index in [9.17, 15) is 23.2 Å². The summed E-state index contributed by atoms with van der Waals surface area (Å²) in [6.45, 7) is 6.86. The number of nitriles is 1. The Balaban J connectivity index is 1.20. The van der Waals surface area contributed by atoms with Crippen LogP contribution in [0.4, 0.5) is 18.0 Å². The molecule has 0 spiro atoms. The number of thioether (sulfide) groups is 1. The van der Waals surface area contributed by atoms with E-state index in [1.165, 1.54) is 54.2 Å². The number of carbonyl (C=O) groups is 3. The van der Waals surface area contributed by atoms with Gasteiger partial charge in [-0.1, -0.05) is 24.3 Å². The maximum atomic E-state index is 15.8. The first kappa shape index (κ1) is 44.8. The Bertz CT molecular complexity index is 1970. The number of rotatable bonds is 18. The number of nitrogens with zero attached hydrogens (tertiary/aromatic N) is 5. The number of benzene rings is 2. The predicted molar refractivity (Wildman–Crippen MR) is 207 cm³/mol. The van der Waals surface area contributed by atoms with Crippen LogP contribution >= 0.6 is 11.8 Å². The summed E-state index contributed by atoms with van der Waals surface area (Å²) < 4.78 is 79.0. The van der Waals surface area contributed by atoms with Crippen molar-refractivity contribution in [2.75, 3.05) is 52.6 Å². The fourth-order valence-electron chi connectivity index (χ4n) is 6.18. The third-order valence-electron chi connectivity index (χ3n) is 9.22. The molecule has 15 nitrogen and oxygen atoms in total. The molecule has 2 aliphatic rings. The number of halogens is 3. The van der Waals surface area contributed by atoms with Gasteiger partial charge < -0.3 is 33.7 Å². The molecule has 2 aromatic carbocycles. The van der Waals surface area contributed by atoms with Crippen LogP contribution in [0.5, 0.6) is 0 Å². The van der Waals surface area contributed by atoms with Gasteiger partial charge in [0.25, 0.3) is 0 Å². The summed E-state index contributed by atoms with van der Waals surface area (Å²) >= 11 is 1.24. The van der Waals surface area contributed by atoms with Gasteiger partial charge in [-0.3, -0.25) is 14.5 Å². The molecule has 1 N–H and O–H groups in total. The lowest BCUT2D eigenvalue weighted by Crippen LogP contribution is -2.47. The van der Waals surface area contributed by atoms with Crippen molar-refractivity contribution in [1.29, 1.82) is 5.26 Å². The molecule has 3 atom stereocenters. The number of ether oxygens (including phenoxy) is 6. The van der Waals surface area contributed by atoms with Crippen molar-refractivity contribution in [3.63, 3.8) is 0 Å². The molecule has 19 heteroatoms. The van der Waals surface area contributed by atoms with E-state index in [1.807, 2.05) is 6.07 Å². The van der Waals surface area contributed by atoms with Crippen molar-refractivity contribution < 1.29 is 56.0 Å². The molecule has 3 unspecified atom stereocenters. The van der Waals surface area contributed by atoms with Gasteiger partial charge in [-0.2, -0.15) is 10.4 Å². The van der Waals surface area contributed by atoms with Crippen LogP contribution in [0.15, 0.2) is 67.3 Å². The number of nitrogens with one attached hydrogen (secondary N) is 1. The van der Waals surface area contributed by atoms with Crippen molar-refractivity contribution in [1.82, 2.24) is 25.0 Å². The maximum Gasteiger partial charge on any atom is 0.512 e. The molecule has 2 fully saturated rings. The molecule has 0 aliphatic carbocycles. The highest BCUT2D eigenvalue weighted by atomic mass is 32.2. The Kier molecular flexibility index (Phi) is 16.9. The van der Waals surface area contributed by atoms with Crippen LogP contribution in [0.25, 0.3) is 6.08 Å². The van der Waals surface area contributed by atoms with Crippen molar-refractivity contribution in [2.24, 2.45) is 0 Å². The Hall–Kier alpha value is -5.26. The molecule has 0 saturated carbocycles. The second-order valence-corrected chi connectivity index (χ2v) is 15.1. The highest BCUT2D eigenvalue weighted by molar-refractivity contribution is 8.00. The number of carbonyl (C=O) groups excluding carboxylic acids is 3. The van der Waals surface area contributed by atoms with Gasteiger partial charge in [0.1, 0.15) is 30.1 Å². The SMILES string of the molecule is CC(OC(=O)CCC(=O)NCCN1CCOCC1)OC(=O)OC(Cn1cncn1)(c1ccc(F)cc1F)C(C)SC1COC(C=CC=Cc2ccc(C#N)cc2F)OC1. The van der Waals surface area contributed by atoms with Crippen LogP contribution in [0.2, 0.25) is 0 Å². The fraction of sp³-hybridized carbons (Fsp3) is 0.450. The molecule has 3 heterocycles. The summed E-state index contributed by atoms with van der Waals surface area (Å²) in [5, 5.41) is 14.6. The minimum atomic E-state index is -1.92. The Morgan fingerprint density at radius 3 is 2.53 bits per heavy atom. The lowest BCUT2D eigenvalue weighted by Gasteiger charge is -2.40. The quantitative estimate of drug-likeness (QED) is 0.104. The van der Waals surface area contributed by atoms with Crippen molar-refractivity contribution in [3.8, 4) is 6.07 Å². The maximum absolute atomic E-state index is 15.8. The first-order chi connectivity index (χ1) is 28.4. The molecule has 316 valence electrons. The van der Waals surface area contributed by atoms with Gasteiger partial charge in [0.2, 0.25) is 12.2 Å². The minimum Gasteiger partial charge on any atom is -0.425 e. The fourth-order valence-corrected chi connectivity index (χ4v) is 7.55. The van der Waals surface area contributed by atoms with Gasteiger partial charge in [0.05, 0.1) is 56.3 Å². The molecule has 59 heavy (non-hydrogen) atoms. The smallest absolute Gasteiger partial charge is 0.425 e. The normalized spacial score (nSPS) is 19.4. The summed E-state index contributed by atoms with van der Waals surface area (Å²) in [7, 11) is 0. The monoisotopic (exact) mass is 842 g/mol. The molecule has 0 radical (unpaired) electrons. The van der Waals surface area contributed by atoms with Gasteiger partial charge >= 0.3 is 12.1 Å². The van der Waals surface area contributed by atoms with E-state index in [0.29, 0.717) is 37.9 Å². The van der Waals surface area contributed by atoms with Crippen LogP contribution in [0, 0.1) is 28.8 Å². The van der Waals surface area contributed by atoms with E-state index in [4.69, 9.17) is 33.7 Å². The zero-order valence-corrected chi connectivity index (χ0v) is 33.3. The molecule has 3 aromatic rings. The predicted octanol–water partition coefficient (Wildman–Crippen LogP) is 4.87. The standard InChI is InChI=1S/C40H45F3N6O9S/c1-27(59-32-22-54-38(55-23-32)6-4-3-5-30-8-7-29(21-44)19-34(30)42)40(24-49-26-45-25-47-49,33-10-9-31(41)20-35(33)43)58-39(52)57-28(2)56-37(51)12-11-36(50)46-13-14-48-15-17-53-18-16-48/h3-10,19-20,25-28,32,38H,11-18,22-24H2,1-2H3,(H,46,50). The van der Waals surface area contributed by atoms with Crippen molar-refractivity contribution in [3.05, 3.63) is 101 Å². The van der Waals surface area contributed by atoms with Crippen molar-refractivity contribution >= 4 is 35.9 Å². The Labute approximate surface area is 343 Å². The van der Waals surface area contributed by atoms with Crippen LogP contribution < -0.4 is 5.32 Å². The summed E-state index contributed by atoms with van der Waals surface area (Å²) in [6.07, 6.45) is 4.98. The number of hydrogen-bond acceptors (Lipinski definition) is 14.